The van der Waals surface area contributed by atoms with E-state index in [1.807, 2.05) is 49.5 Å². The number of para-hydroxylation sites is 1. The maximum absolute atomic E-state index is 12.8. The van der Waals surface area contributed by atoms with Crippen molar-refractivity contribution in [2.24, 2.45) is 0 Å². The molecule has 2 heterocycles. The third-order valence-corrected chi connectivity index (χ3v) is 4.67. The van der Waals surface area contributed by atoms with Crippen LogP contribution in [0.25, 0.3) is 0 Å². The van der Waals surface area contributed by atoms with Crippen LogP contribution in [0, 0.1) is 0 Å². The van der Waals surface area contributed by atoms with Gasteiger partial charge in [-0.1, -0.05) is 18.2 Å². The lowest BCUT2D eigenvalue weighted by molar-refractivity contribution is 0.0926. The van der Waals surface area contributed by atoms with Crippen LogP contribution in [0.2, 0.25) is 0 Å². The zero-order valence-corrected chi connectivity index (χ0v) is 14.3. The molecule has 1 aromatic carbocycles. The minimum atomic E-state index is -0.120. The molecule has 1 atom stereocenters. The number of hydrogen-bond acceptors (Lipinski definition) is 3. The van der Waals surface area contributed by atoms with Crippen LogP contribution in [0.15, 0.2) is 42.6 Å². The van der Waals surface area contributed by atoms with Crippen molar-refractivity contribution in [3.05, 3.63) is 53.9 Å². The van der Waals surface area contributed by atoms with Crippen LogP contribution in [0.5, 0.6) is 5.75 Å². The van der Waals surface area contributed by atoms with Crippen molar-refractivity contribution in [3.63, 3.8) is 0 Å². The molecule has 3 rings (SSSR count). The molecule has 1 fully saturated rings. The van der Waals surface area contributed by atoms with Gasteiger partial charge < -0.3 is 19.9 Å². The quantitative estimate of drug-likeness (QED) is 0.888. The smallest absolute Gasteiger partial charge is 0.268 e. The predicted octanol–water partition coefficient (Wildman–Crippen LogP) is 2.91. The Kier molecular flexibility index (Phi) is 5.20. The molecular formula is C19H25N3O2. The molecule has 0 saturated carbocycles. The van der Waals surface area contributed by atoms with Crippen molar-refractivity contribution in [2.75, 3.05) is 20.2 Å². The van der Waals surface area contributed by atoms with Crippen molar-refractivity contribution >= 4 is 5.91 Å². The molecule has 0 radical (unpaired) electrons. The van der Waals surface area contributed by atoms with E-state index in [1.54, 1.807) is 7.11 Å². The van der Waals surface area contributed by atoms with Crippen molar-refractivity contribution < 1.29 is 9.53 Å². The molecular weight excluding hydrogens is 302 g/mol. The maximum atomic E-state index is 12.8. The second kappa shape index (κ2) is 7.53. The van der Waals surface area contributed by atoms with E-state index in [1.165, 1.54) is 0 Å². The highest BCUT2D eigenvalue weighted by Gasteiger charge is 2.21. The number of ether oxygens (including phenoxy) is 1. The van der Waals surface area contributed by atoms with Gasteiger partial charge in [-0.15, -0.1) is 0 Å². The van der Waals surface area contributed by atoms with Gasteiger partial charge in [0.2, 0.25) is 0 Å². The van der Waals surface area contributed by atoms with E-state index >= 15 is 0 Å². The van der Waals surface area contributed by atoms with Crippen LogP contribution < -0.4 is 15.4 Å². The first kappa shape index (κ1) is 16.6. The second-order valence-corrected chi connectivity index (χ2v) is 6.22. The Morgan fingerprint density at radius 3 is 2.75 bits per heavy atom. The van der Waals surface area contributed by atoms with E-state index in [2.05, 4.69) is 15.2 Å². The van der Waals surface area contributed by atoms with Gasteiger partial charge in [-0.3, -0.25) is 4.79 Å². The van der Waals surface area contributed by atoms with Crippen LogP contribution >= 0.6 is 0 Å². The highest BCUT2D eigenvalue weighted by Crippen LogP contribution is 2.25. The van der Waals surface area contributed by atoms with E-state index in [0.717, 1.165) is 42.9 Å². The molecule has 1 saturated heterocycles. The Hall–Kier alpha value is -2.27. The Bertz CT molecular complexity index is 689. The number of carbonyl (C=O) groups excluding carboxylic acids is 1. The Morgan fingerprint density at radius 1 is 1.25 bits per heavy atom. The van der Waals surface area contributed by atoms with Crippen LogP contribution in [-0.2, 0) is 0 Å². The van der Waals surface area contributed by atoms with Crippen LogP contribution in [0.3, 0.4) is 0 Å². The summed E-state index contributed by atoms with van der Waals surface area (Å²) in [6.07, 6.45) is 4.12. The highest BCUT2D eigenvalue weighted by molar-refractivity contribution is 5.93. The fraction of sp³-hybridized carbons (Fsp3) is 0.421. The van der Waals surface area contributed by atoms with Crippen molar-refractivity contribution in [1.82, 2.24) is 15.2 Å². The Balaban J connectivity index is 1.74. The molecule has 2 aromatic rings. The molecule has 128 valence electrons. The van der Waals surface area contributed by atoms with Gasteiger partial charge in [-0.05, 0) is 51.1 Å². The summed E-state index contributed by atoms with van der Waals surface area (Å²) in [6.45, 7) is 3.98. The number of rotatable bonds is 5. The number of amides is 1. The SMILES string of the molecule is COc1ccccc1[C@@H](C)NC(=O)c1cccn1C1CCNCC1. The first-order chi connectivity index (χ1) is 11.7. The molecule has 1 aromatic heterocycles. The summed E-state index contributed by atoms with van der Waals surface area (Å²) in [6, 6.07) is 11.9. The van der Waals surface area contributed by atoms with Gasteiger partial charge in [-0.2, -0.15) is 0 Å². The average molecular weight is 327 g/mol. The summed E-state index contributed by atoms with van der Waals surface area (Å²) in [5.74, 6) is 0.746. The summed E-state index contributed by atoms with van der Waals surface area (Å²) in [4.78, 5) is 12.8. The number of carbonyl (C=O) groups is 1. The van der Waals surface area contributed by atoms with Gasteiger partial charge in [0, 0.05) is 17.8 Å². The normalized spacial score (nSPS) is 16.6. The summed E-state index contributed by atoms with van der Waals surface area (Å²) >= 11 is 0. The fourth-order valence-corrected chi connectivity index (χ4v) is 3.36. The highest BCUT2D eigenvalue weighted by atomic mass is 16.5. The standard InChI is InChI=1S/C19H25N3O2/c1-14(16-6-3-4-8-18(16)24-2)21-19(23)17-7-5-13-22(17)15-9-11-20-12-10-15/h3-8,13-15,20H,9-12H2,1-2H3,(H,21,23)/t14-/m1/s1. The molecule has 0 bridgehead atoms. The molecule has 5 nitrogen and oxygen atoms in total. The summed E-state index contributed by atoms with van der Waals surface area (Å²) < 4.78 is 7.51. The lowest BCUT2D eigenvalue weighted by Gasteiger charge is -2.26. The molecule has 1 amide bonds. The van der Waals surface area contributed by atoms with Gasteiger partial charge >= 0.3 is 0 Å². The van der Waals surface area contributed by atoms with Gasteiger partial charge in [-0.25, -0.2) is 0 Å². The van der Waals surface area contributed by atoms with E-state index in [9.17, 15) is 4.79 Å². The maximum Gasteiger partial charge on any atom is 0.268 e. The molecule has 1 aliphatic rings. The van der Waals surface area contributed by atoms with Crippen molar-refractivity contribution in [3.8, 4) is 5.75 Å². The third kappa shape index (κ3) is 3.46. The molecule has 1 aliphatic heterocycles. The number of methoxy groups -OCH3 is 1. The molecule has 0 spiro atoms. The monoisotopic (exact) mass is 327 g/mol. The molecule has 0 aliphatic carbocycles. The molecule has 2 N–H and O–H groups in total. The first-order valence-electron chi connectivity index (χ1n) is 8.52. The number of piperidine rings is 1. The molecule has 24 heavy (non-hydrogen) atoms. The van der Waals surface area contributed by atoms with E-state index in [0.29, 0.717) is 6.04 Å². The number of benzene rings is 1. The minimum absolute atomic E-state index is 0.0445. The summed E-state index contributed by atoms with van der Waals surface area (Å²) in [5.41, 5.74) is 1.71. The van der Waals surface area contributed by atoms with Gasteiger partial charge in [0.25, 0.3) is 5.91 Å². The lowest BCUT2D eigenvalue weighted by atomic mass is 10.1. The zero-order chi connectivity index (χ0) is 16.9. The Morgan fingerprint density at radius 2 is 2.00 bits per heavy atom. The lowest BCUT2D eigenvalue weighted by Crippen LogP contribution is -2.33. The largest absolute Gasteiger partial charge is 0.496 e. The summed E-state index contributed by atoms with van der Waals surface area (Å²) in [5, 5.41) is 6.46. The van der Waals surface area contributed by atoms with E-state index in [-0.39, 0.29) is 11.9 Å². The van der Waals surface area contributed by atoms with Gasteiger partial charge in [0.05, 0.1) is 13.2 Å². The van der Waals surface area contributed by atoms with Crippen LogP contribution in [0.1, 0.15) is 47.9 Å². The Labute approximate surface area is 143 Å². The zero-order valence-electron chi connectivity index (χ0n) is 14.3. The number of hydrogen-bond donors (Lipinski definition) is 2. The van der Waals surface area contributed by atoms with Crippen LogP contribution in [-0.4, -0.2) is 30.7 Å². The summed E-state index contributed by atoms with van der Waals surface area (Å²) in [7, 11) is 1.65. The average Bonchev–Trinajstić information content (AvgIpc) is 3.12. The van der Waals surface area contributed by atoms with Gasteiger partial charge in [0.1, 0.15) is 11.4 Å². The van der Waals surface area contributed by atoms with E-state index < -0.39 is 0 Å². The topological polar surface area (TPSA) is 55.3 Å². The fourth-order valence-electron chi connectivity index (χ4n) is 3.36. The van der Waals surface area contributed by atoms with Gasteiger partial charge in [0.15, 0.2) is 0 Å². The second-order valence-electron chi connectivity index (χ2n) is 6.22. The van der Waals surface area contributed by atoms with Crippen LogP contribution in [0.4, 0.5) is 0 Å². The predicted molar refractivity (Wildman–Crippen MR) is 94.4 cm³/mol. The van der Waals surface area contributed by atoms with Crippen molar-refractivity contribution in [1.29, 1.82) is 0 Å². The first-order valence-corrected chi connectivity index (χ1v) is 8.52. The minimum Gasteiger partial charge on any atom is -0.496 e. The number of nitrogens with one attached hydrogen (secondary N) is 2. The number of nitrogens with zero attached hydrogens (tertiary/aromatic N) is 1. The van der Waals surface area contributed by atoms with E-state index in [4.69, 9.17) is 4.74 Å². The molecule has 5 heteroatoms. The third-order valence-electron chi connectivity index (χ3n) is 4.67. The number of aromatic nitrogens is 1. The molecule has 0 unspecified atom stereocenters. The van der Waals surface area contributed by atoms with Crippen molar-refractivity contribution in [2.45, 2.75) is 31.8 Å².